The molecule has 1 fully saturated rings. The average Bonchev–Trinajstić information content (AvgIpc) is 3.03. The van der Waals surface area contributed by atoms with Crippen molar-refractivity contribution in [3.05, 3.63) is 90.0 Å². The lowest BCUT2D eigenvalue weighted by atomic mass is 9.82. The van der Waals surface area contributed by atoms with E-state index in [9.17, 15) is 8.42 Å². The Morgan fingerprint density at radius 2 is 1.43 bits per heavy atom. The van der Waals surface area contributed by atoms with Gasteiger partial charge in [0.25, 0.3) is 0 Å². The average molecular weight is 629 g/mol. The highest BCUT2D eigenvalue weighted by molar-refractivity contribution is 7.89. The summed E-state index contributed by atoms with van der Waals surface area (Å²) in [4.78, 5) is 11.9. The molecule has 0 amide bonds. The Morgan fingerprint density at radius 3 is 2.18 bits per heavy atom. The van der Waals surface area contributed by atoms with E-state index in [4.69, 9.17) is 21.6 Å². The number of aromatic nitrogens is 2. The minimum absolute atomic E-state index is 0.306. The van der Waals surface area contributed by atoms with Gasteiger partial charge >= 0.3 is 0 Å². The maximum Gasteiger partial charge on any atom is 0.241 e. The van der Waals surface area contributed by atoms with E-state index in [-0.39, 0.29) is 0 Å². The third-order valence-corrected chi connectivity index (χ3v) is 10.2. The summed E-state index contributed by atoms with van der Waals surface area (Å²) in [6, 6.07) is 26.8. The molecule has 3 N–H and O–H groups in total. The smallest absolute Gasteiger partial charge is 0.241 e. The molecule has 0 radical (unpaired) electrons. The van der Waals surface area contributed by atoms with Crippen molar-refractivity contribution in [3.8, 4) is 0 Å². The van der Waals surface area contributed by atoms with Crippen LogP contribution in [0.2, 0.25) is 5.02 Å². The Labute approximate surface area is 263 Å². The Morgan fingerprint density at radius 1 is 0.773 bits per heavy atom. The fraction of sp³-hybridized carbons (Fsp3) is 0.294. The molecule has 1 aromatic heterocycles. The molecule has 228 valence electrons. The molecule has 1 heterocycles. The lowest BCUT2D eigenvalue weighted by molar-refractivity contribution is 0.284. The molecule has 1 aliphatic rings. The summed E-state index contributed by atoms with van der Waals surface area (Å²) in [6.07, 6.45) is 3.97. The first kappa shape index (κ1) is 30.1. The van der Waals surface area contributed by atoms with E-state index in [1.807, 2.05) is 97.9 Å². The van der Waals surface area contributed by atoms with E-state index in [1.54, 1.807) is 6.07 Å². The van der Waals surface area contributed by atoms with Crippen LogP contribution < -0.4 is 20.3 Å². The standard InChI is InChI=1S/C34H37ClN6O2S/c1-41(2)31-11-5-9-28-27(31)8-6-12-32(28)44(42,43)37-22-24-15-13-23(14-16-24)21-36-34-39-30-10-4-3-7-29(30)33(40-34)38-26-19-17-25(35)18-20-26/h3-12,17-20,23-24,37H,13-16,21-22H2,1-2H3,(H2,36,38,39,40). The molecule has 1 aliphatic carbocycles. The van der Waals surface area contributed by atoms with Crippen molar-refractivity contribution < 1.29 is 8.42 Å². The van der Waals surface area contributed by atoms with Gasteiger partial charge in [-0.05, 0) is 86.1 Å². The highest BCUT2D eigenvalue weighted by Crippen LogP contribution is 2.32. The van der Waals surface area contributed by atoms with Gasteiger partial charge in [-0.2, -0.15) is 4.98 Å². The van der Waals surface area contributed by atoms with E-state index < -0.39 is 10.0 Å². The van der Waals surface area contributed by atoms with Crippen molar-refractivity contribution in [2.75, 3.05) is 42.7 Å². The molecule has 6 rings (SSSR count). The van der Waals surface area contributed by atoms with Crippen molar-refractivity contribution in [2.45, 2.75) is 30.6 Å². The summed E-state index contributed by atoms with van der Waals surface area (Å²) in [5, 5.41) is 10.2. The highest BCUT2D eigenvalue weighted by atomic mass is 35.5. The first-order chi connectivity index (χ1) is 21.3. The predicted molar refractivity (Wildman–Crippen MR) is 182 cm³/mol. The molecule has 4 aromatic carbocycles. The van der Waals surface area contributed by atoms with E-state index in [0.29, 0.717) is 34.2 Å². The van der Waals surface area contributed by atoms with Crippen molar-refractivity contribution in [1.29, 1.82) is 0 Å². The third kappa shape index (κ3) is 6.75. The Kier molecular flexibility index (Phi) is 8.88. The van der Waals surface area contributed by atoms with Crippen LogP contribution in [-0.2, 0) is 10.0 Å². The second kappa shape index (κ2) is 13.0. The zero-order chi connectivity index (χ0) is 30.7. The van der Waals surface area contributed by atoms with Crippen LogP contribution in [0.25, 0.3) is 21.7 Å². The van der Waals surface area contributed by atoms with Crippen LogP contribution in [0, 0.1) is 11.8 Å². The summed E-state index contributed by atoms with van der Waals surface area (Å²) >= 11 is 6.06. The van der Waals surface area contributed by atoms with Crippen LogP contribution in [-0.4, -0.2) is 45.6 Å². The topological polar surface area (TPSA) is 99.3 Å². The SMILES string of the molecule is CN(C)c1cccc2c(S(=O)(=O)NCC3CCC(CNc4nc(Nc5ccc(Cl)cc5)c5ccccc5n4)CC3)cccc12. The van der Waals surface area contributed by atoms with E-state index in [1.165, 1.54) is 0 Å². The quantitative estimate of drug-likeness (QED) is 0.148. The molecular formula is C34H37ClN6O2S. The van der Waals surface area contributed by atoms with E-state index in [0.717, 1.165) is 71.1 Å². The summed E-state index contributed by atoms with van der Waals surface area (Å²) in [6.45, 7) is 1.21. The fourth-order valence-corrected chi connectivity index (χ4v) is 7.45. The second-order valence-corrected chi connectivity index (χ2v) is 13.9. The second-order valence-electron chi connectivity index (χ2n) is 11.7. The minimum atomic E-state index is -3.65. The number of nitrogens with one attached hydrogen (secondary N) is 3. The monoisotopic (exact) mass is 628 g/mol. The van der Waals surface area contributed by atoms with Gasteiger partial charge in [0.15, 0.2) is 0 Å². The normalized spacial score (nSPS) is 17.1. The van der Waals surface area contributed by atoms with Crippen LogP contribution >= 0.6 is 11.6 Å². The van der Waals surface area contributed by atoms with Crippen molar-refractivity contribution in [1.82, 2.24) is 14.7 Å². The van der Waals surface area contributed by atoms with Crippen LogP contribution in [0.15, 0.2) is 89.8 Å². The van der Waals surface area contributed by atoms with Gasteiger partial charge in [-0.3, -0.25) is 0 Å². The summed E-state index contributed by atoms with van der Waals surface area (Å²) in [5.74, 6) is 2.09. The van der Waals surface area contributed by atoms with Gasteiger partial charge in [0.05, 0.1) is 10.4 Å². The van der Waals surface area contributed by atoms with E-state index in [2.05, 4.69) is 15.4 Å². The fourth-order valence-electron chi connectivity index (χ4n) is 5.99. The van der Waals surface area contributed by atoms with Crippen molar-refractivity contribution >= 4 is 66.4 Å². The number of anilines is 4. The Bertz CT molecular complexity index is 1870. The Hall–Kier alpha value is -3.92. The molecule has 1 saturated carbocycles. The number of hydrogen-bond donors (Lipinski definition) is 3. The molecule has 0 bridgehead atoms. The van der Waals surface area contributed by atoms with Crippen molar-refractivity contribution in [3.63, 3.8) is 0 Å². The molecular weight excluding hydrogens is 592 g/mol. The zero-order valence-electron chi connectivity index (χ0n) is 24.9. The minimum Gasteiger partial charge on any atom is -0.377 e. The van der Waals surface area contributed by atoms with E-state index >= 15 is 0 Å². The van der Waals surface area contributed by atoms with Gasteiger partial charge in [-0.15, -0.1) is 0 Å². The molecule has 0 saturated heterocycles. The number of fused-ring (bicyclic) bond motifs is 2. The summed E-state index contributed by atoms with van der Waals surface area (Å²) in [7, 11) is 0.284. The molecule has 44 heavy (non-hydrogen) atoms. The molecule has 0 aliphatic heterocycles. The number of rotatable bonds is 10. The van der Waals surface area contributed by atoms with Gasteiger partial charge in [0, 0.05) is 59.7 Å². The molecule has 0 spiro atoms. The number of hydrogen-bond acceptors (Lipinski definition) is 7. The van der Waals surface area contributed by atoms with Gasteiger partial charge in [0.1, 0.15) is 5.82 Å². The maximum atomic E-state index is 13.4. The molecule has 8 nitrogen and oxygen atoms in total. The zero-order valence-corrected chi connectivity index (χ0v) is 26.5. The van der Waals surface area contributed by atoms with Crippen LogP contribution in [0.4, 0.5) is 23.1 Å². The number of sulfonamides is 1. The first-order valence-electron chi connectivity index (χ1n) is 15.0. The summed E-state index contributed by atoms with van der Waals surface area (Å²) < 4.78 is 29.7. The Balaban J connectivity index is 1.05. The number of nitrogens with zero attached hydrogens (tertiary/aromatic N) is 3. The number of halogens is 1. The van der Waals surface area contributed by atoms with Gasteiger partial charge in [0.2, 0.25) is 16.0 Å². The van der Waals surface area contributed by atoms with Crippen LogP contribution in [0.5, 0.6) is 0 Å². The predicted octanol–water partition coefficient (Wildman–Crippen LogP) is 7.44. The van der Waals surface area contributed by atoms with Crippen LogP contribution in [0.1, 0.15) is 25.7 Å². The largest absolute Gasteiger partial charge is 0.377 e. The number of benzene rings is 4. The van der Waals surface area contributed by atoms with Gasteiger partial charge in [-0.25, -0.2) is 18.1 Å². The lowest BCUT2D eigenvalue weighted by Gasteiger charge is -2.29. The lowest BCUT2D eigenvalue weighted by Crippen LogP contribution is -2.32. The molecule has 5 aromatic rings. The molecule has 10 heteroatoms. The third-order valence-electron chi connectivity index (χ3n) is 8.42. The van der Waals surface area contributed by atoms with Gasteiger partial charge < -0.3 is 15.5 Å². The number of para-hydroxylation sites is 1. The highest BCUT2D eigenvalue weighted by Gasteiger charge is 2.25. The van der Waals surface area contributed by atoms with Gasteiger partial charge in [-0.1, -0.05) is 48.0 Å². The van der Waals surface area contributed by atoms with Crippen molar-refractivity contribution in [2.24, 2.45) is 11.8 Å². The maximum absolute atomic E-state index is 13.4. The first-order valence-corrected chi connectivity index (χ1v) is 16.8. The van der Waals surface area contributed by atoms with Crippen LogP contribution in [0.3, 0.4) is 0 Å². The molecule has 0 atom stereocenters. The summed E-state index contributed by atoms with van der Waals surface area (Å²) in [5.41, 5.74) is 2.76. The molecule has 0 unspecified atom stereocenters.